The minimum atomic E-state index is -0.685. The number of carbonyl (C=O) groups excluding carboxylic acids is 2. The highest BCUT2D eigenvalue weighted by Gasteiger charge is 2.31. The summed E-state index contributed by atoms with van der Waals surface area (Å²) in [6.07, 6.45) is 3.22. The van der Waals surface area contributed by atoms with E-state index in [0.29, 0.717) is 29.2 Å². The average molecular weight is 378 g/mol. The number of nitrogens with one attached hydrogen (secondary N) is 1. The molecule has 1 fully saturated rings. The standard InChI is InChI=1S/C16H18N4O3S2/c1-24-15-12(3-2-4-17-15)14(22)19-10-5-11(21)7-20(6-10)16(23)13-8-25-9-18-13/h2-4,8-11,21H,5-7H2,1H3,(H,19,22)/t10-,11+/m0/s1. The molecule has 132 valence electrons. The molecule has 2 aromatic rings. The van der Waals surface area contributed by atoms with Crippen LogP contribution >= 0.6 is 23.1 Å². The second kappa shape index (κ2) is 7.94. The molecule has 1 aliphatic heterocycles. The Kier molecular flexibility index (Phi) is 5.67. The number of amides is 2. The maximum atomic E-state index is 12.5. The van der Waals surface area contributed by atoms with E-state index in [1.807, 2.05) is 6.26 Å². The first-order chi connectivity index (χ1) is 12.1. The third-order valence-corrected chi connectivity index (χ3v) is 5.21. The fraction of sp³-hybridized carbons (Fsp3) is 0.375. The van der Waals surface area contributed by atoms with Gasteiger partial charge in [0, 0.05) is 30.7 Å². The maximum absolute atomic E-state index is 12.5. The van der Waals surface area contributed by atoms with Crippen LogP contribution in [0.3, 0.4) is 0 Å². The molecule has 0 saturated carbocycles. The van der Waals surface area contributed by atoms with Crippen LogP contribution in [0.4, 0.5) is 0 Å². The van der Waals surface area contributed by atoms with Gasteiger partial charge >= 0.3 is 0 Å². The Morgan fingerprint density at radius 2 is 2.24 bits per heavy atom. The summed E-state index contributed by atoms with van der Waals surface area (Å²) in [5.74, 6) is -0.483. The van der Waals surface area contributed by atoms with Crippen molar-refractivity contribution in [2.45, 2.75) is 23.6 Å². The fourth-order valence-electron chi connectivity index (χ4n) is 2.81. The smallest absolute Gasteiger partial charge is 0.273 e. The molecule has 7 nitrogen and oxygen atoms in total. The van der Waals surface area contributed by atoms with Crippen LogP contribution < -0.4 is 5.32 Å². The van der Waals surface area contributed by atoms with Crippen LogP contribution in [0.15, 0.2) is 34.2 Å². The first kappa shape index (κ1) is 17.8. The number of likely N-dealkylation sites (tertiary alicyclic amines) is 1. The number of pyridine rings is 1. The van der Waals surface area contributed by atoms with Crippen LogP contribution in [-0.4, -0.2) is 63.3 Å². The van der Waals surface area contributed by atoms with Crippen LogP contribution in [0.1, 0.15) is 27.3 Å². The summed E-state index contributed by atoms with van der Waals surface area (Å²) in [4.78, 5) is 34.7. The molecule has 1 aliphatic rings. The predicted octanol–water partition coefficient (Wildman–Crippen LogP) is 1.27. The van der Waals surface area contributed by atoms with E-state index >= 15 is 0 Å². The zero-order valence-corrected chi connectivity index (χ0v) is 15.2. The van der Waals surface area contributed by atoms with E-state index in [4.69, 9.17) is 0 Å². The number of hydrogen-bond acceptors (Lipinski definition) is 7. The number of aliphatic hydroxyl groups is 1. The van der Waals surface area contributed by atoms with Crippen LogP contribution in [0.5, 0.6) is 0 Å². The zero-order valence-electron chi connectivity index (χ0n) is 13.6. The topological polar surface area (TPSA) is 95.4 Å². The molecular weight excluding hydrogens is 360 g/mol. The molecule has 0 radical (unpaired) electrons. The number of hydrogen-bond donors (Lipinski definition) is 2. The maximum Gasteiger partial charge on any atom is 0.273 e. The molecule has 0 spiro atoms. The summed E-state index contributed by atoms with van der Waals surface area (Å²) in [5.41, 5.74) is 2.45. The molecular formula is C16H18N4O3S2. The average Bonchev–Trinajstić information content (AvgIpc) is 3.15. The fourth-order valence-corrected chi connectivity index (χ4v) is 3.89. The van der Waals surface area contributed by atoms with Crippen molar-refractivity contribution in [3.05, 3.63) is 40.5 Å². The molecule has 2 amide bonds. The molecule has 0 aromatic carbocycles. The molecule has 1 saturated heterocycles. The third-order valence-electron chi connectivity index (χ3n) is 3.91. The minimum Gasteiger partial charge on any atom is -0.391 e. The van der Waals surface area contributed by atoms with E-state index in [1.165, 1.54) is 28.0 Å². The Hall–Kier alpha value is -1.97. The van der Waals surface area contributed by atoms with Crippen molar-refractivity contribution in [3.8, 4) is 0 Å². The molecule has 2 N–H and O–H groups in total. The number of piperidine rings is 1. The number of thioether (sulfide) groups is 1. The van der Waals surface area contributed by atoms with Gasteiger partial charge in [0.15, 0.2) is 0 Å². The van der Waals surface area contributed by atoms with E-state index in [1.54, 1.807) is 29.2 Å². The van der Waals surface area contributed by atoms with Crippen LogP contribution in [0, 0.1) is 0 Å². The van der Waals surface area contributed by atoms with Gasteiger partial charge in [-0.1, -0.05) is 0 Å². The second-order valence-corrected chi connectivity index (χ2v) is 7.22. The van der Waals surface area contributed by atoms with Crippen molar-refractivity contribution < 1.29 is 14.7 Å². The number of thiazole rings is 1. The Balaban J connectivity index is 1.69. The van der Waals surface area contributed by atoms with Crippen LogP contribution in [0.25, 0.3) is 0 Å². The first-order valence-electron chi connectivity index (χ1n) is 7.74. The number of nitrogens with zero attached hydrogens (tertiary/aromatic N) is 3. The van der Waals surface area contributed by atoms with E-state index in [2.05, 4.69) is 15.3 Å². The normalized spacial score (nSPS) is 20.3. The lowest BCUT2D eigenvalue weighted by Crippen LogP contribution is -2.54. The van der Waals surface area contributed by atoms with Gasteiger partial charge < -0.3 is 15.3 Å². The number of rotatable bonds is 4. The molecule has 3 heterocycles. The van der Waals surface area contributed by atoms with Gasteiger partial charge in [-0.2, -0.15) is 0 Å². The Labute approximate surface area is 153 Å². The van der Waals surface area contributed by atoms with Gasteiger partial charge in [-0.05, 0) is 24.8 Å². The SMILES string of the molecule is CSc1ncccc1C(=O)N[C@H]1C[C@@H](O)CN(C(=O)c2cscn2)C1. The van der Waals surface area contributed by atoms with Gasteiger partial charge in [0.2, 0.25) is 0 Å². The summed E-state index contributed by atoms with van der Waals surface area (Å²) in [7, 11) is 0. The Morgan fingerprint density at radius 3 is 2.96 bits per heavy atom. The predicted molar refractivity (Wildman–Crippen MR) is 95.9 cm³/mol. The van der Waals surface area contributed by atoms with Gasteiger partial charge in [-0.25, -0.2) is 9.97 Å². The Bertz CT molecular complexity index is 754. The lowest BCUT2D eigenvalue weighted by Gasteiger charge is -2.35. The van der Waals surface area contributed by atoms with Crippen molar-refractivity contribution in [1.82, 2.24) is 20.2 Å². The number of aromatic nitrogens is 2. The molecule has 0 unspecified atom stereocenters. The van der Waals surface area contributed by atoms with Crippen molar-refractivity contribution in [1.29, 1.82) is 0 Å². The van der Waals surface area contributed by atoms with Crippen LogP contribution in [0.2, 0.25) is 0 Å². The lowest BCUT2D eigenvalue weighted by atomic mass is 10.0. The van der Waals surface area contributed by atoms with Gasteiger partial charge in [0.05, 0.1) is 17.2 Å². The highest BCUT2D eigenvalue weighted by atomic mass is 32.2. The van der Waals surface area contributed by atoms with E-state index in [9.17, 15) is 14.7 Å². The van der Waals surface area contributed by atoms with Crippen LogP contribution in [-0.2, 0) is 0 Å². The first-order valence-corrected chi connectivity index (χ1v) is 9.90. The van der Waals surface area contributed by atoms with E-state index in [0.717, 1.165) is 0 Å². The molecule has 2 aromatic heterocycles. The molecule has 0 bridgehead atoms. The quantitative estimate of drug-likeness (QED) is 0.778. The summed E-state index contributed by atoms with van der Waals surface area (Å²) in [6.45, 7) is 0.583. The highest BCUT2D eigenvalue weighted by molar-refractivity contribution is 7.98. The molecule has 0 aliphatic carbocycles. The van der Waals surface area contributed by atoms with Crippen molar-refractivity contribution >= 4 is 34.9 Å². The summed E-state index contributed by atoms with van der Waals surface area (Å²) < 4.78 is 0. The summed E-state index contributed by atoms with van der Waals surface area (Å²) >= 11 is 2.74. The van der Waals surface area contributed by atoms with Gasteiger partial charge in [0.1, 0.15) is 10.7 Å². The van der Waals surface area contributed by atoms with Gasteiger partial charge in [0.25, 0.3) is 11.8 Å². The zero-order chi connectivity index (χ0) is 17.8. The third kappa shape index (κ3) is 4.17. The molecule has 25 heavy (non-hydrogen) atoms. The Morgan fingerprint density at radius 1 is 1.40 bits per heavy atom. The second-order valence-electron chi connectivity index (χ2n) is 5.70. The highest BCUT2D eigenvalue weighted by Crippen LogP contribution is 2.19. The minimum absolute atomic E-state index is 0.231. The van der Waals surface area contributed by atoms with Crippen molar-refractivity contribution in [3.63, 3.8) is 0 Å². The largest absolute Gasteiger partial charge is 0.391 e. The van der Waals surface area contributed by atoms with E-state index < -0.39 is 6.10 Å². The van der Waals surface area contributed by atoms with E-state index in [-0.39, 0.29) is 24.4 Å². The lowest BCUT2D eigenvalue weighted by molar-refractivity contribution is 0.0367. The number of β-amino-alcohol motifs (C(OH)–C–C–N with tert-alkyl or cyclic N) is 1. The molecule has 3 rings (SSSR count). The van der Waals surface area contributed by atoms with Crippen molar-refractivity contribution in [2.24, 2.45) is 0 Å². The molecule has 2 atom stereocenters. The monoisotopic (exact) mass is 378 g/mol. The van der Waals surface area contributed by atoms with Gasteiger partial charge in [-0.3, -0.25) is 9.59 Å². The summed E-state index contributed by atoms with van der Waals surface area (Å²) in [6, 6.07) is 3.10. The number of carbonyl (C=O) groups is 2. The van der Waals surface area contributed by atoms with Crippen molar-refractivity contribution in [2.75, 3.05) is 19.3 Å². The van der Waals surface area contributed by atoms with Gasteiger partial charge in [-0.15, -0.1) is 23.1 Å². The number of aliphatic hydroxyl groups excluding tert-OH is 1. The summed E-state index contributed by atoms with van der Waals surface area (Å²) in [5, 5.41) is 15.3. The molecule has 9 heteroatoms.